The summed E-state index contributed by atoms with van der Waals surface area (Å²) in [5.74, 6) is 1.59. The molecule has 1 aromatic heterocycles. The highest BCUT2D eigenvalue weighted by atomic mass is 32.1. The van der Waals surface area contributed by atoms with E-state index in [4.69, 9.17) is 4.98 Å². The Labute approximate surface area is 126 Å². The molecule has 0 radical (unpaired) electrons. The molecule has 0 bridgehead atoms. The molecule has 1 N–H and O–H groups in total. The largest absolute Gasteiger partial charge is 0.348 e. The Hall–Kier alpha value is -0.610. The van der Waals surface area contributed by atoms with Gasteiger partial charge in [-0.3, -0.25) is 0 Å². The maximum absolute atomic E-state index is 5.02. The minimum atomic E-state index is 0.501. The average Bonchev–Trinajstić information content (AvgIpc) is 3.01. The van der Waals surface area contributed by atoms with Gasteiger partial charge in [0.2, 0.25) is 0 Å². The first kappa shape index (κ1) is 14.3. The monoisotopic (exact) mass is 293 g/mol. The number of fused-ring (bicyclic) bond motifs is 1. The molecular weight excluding hydrogens is 266 g/mol. The van der Waals surface area contributed by atoms with Crippen molar-refractivity contribution in [3.8, 4) is 0 Å². The first-order valence-electron chi connectivity index (χ1n) is 8.17. The Morgan fingerprint density at radius 3 is 2.75 bits per heavy atom. The first-order chi connectivity index (χ1) is 9.69. The summed E-state index contributed by atoms with van der Waals surface area (Å²) in [6, 6.07) is 0.501. The van der Waals surface area contributed by atoms with Crippen molar-refractivity contribution in [2.45, 2.75) is 52.5 Å². The second kappa shape index (κ2) is 6.02. The van der Waals surface area contributed by atoms with E-state index >= 15 is 0 Å². The van der Waals surface area contributed by atoms with Gasteiger partial charge in [0.15, 0.2) is 5.13 Å². The molecule has 112 valence electrons. The number of nitrogens with one attached hydrogen (secondary N) is 1. The molecule has 3 atom stereocenters. The van der Waals surface area contributed by atoms with Crippen LogP contribution < -0.4 is 10.2 Å². The van der Waals surface area contributed by atoms with Crippen molar-refractivity contribution in [1.29, 1.82) is 0 Å². The van der Waals surface area contributed by atoms with Gasteiger partial charge in [0.1, 0.15) is 0 Å². The number of aryl methyl sites for hydroxylation is 1. The predicted molar refractivity (Wildman–Crippen MR) is 86.6 cm³/mol. The quantitative estimate of drug-likeness (QED) is 0.919. The summed E-state index contributed by atoms with van der Waals surface area (Å²) >= 11 is 1.95. The second-order valence-electron chi connectivity index (χ2n) is 6.56. The van der Waals surface area contributed by atoms with Crippen molar-refractivity contribution in [3.05, 3.63) is 10.6 Å². The minimum Gasteiger partial charge on any atom is -0.348 e. The van der Waals surface area contributed by atoms with E-state index in [-0.39, 0.29) is 0 Å². The van der Waals surface area contributed by atoms with Gasteiger partial charge in [0.05, 0.1) is 11.7 Å². The molecule has 0 amide bonds. The van der Waals surface area contributed by atoms with Crippen LogP contribution in [0.3, 0.4) is 0 Å². The Bertz CT molecular complexity index is 447. The molecule has 3 rings (SSSR count). The molecule has 1 aliphatic heterocycles. The highest BCUT2D eigenvalue weighted by molar-refractivity contribution is 7.15. The van der Waals surface area contributed by atoms with Crippen molar-refractivity contribution >= 4 is 16.5 Å². The molecule has 1 saturated heterocycles. The molecule has 3 nitrogen and oxygen atoms in total. The fraction of sp³-hybridized carbons (Fsp3) is 0.812. The third-order valence-electron chi connectivity index (χ3n) is 4.84. The van der Waals surface area contributed by atoms with Gasteiger partial charge in [-0.15, -0.1) is 11.3 Å². The number of aromatic nitrogens is 1. The van der Waals surface area contributed by atoms with E-state index in [1.807, 2.05) is 11.3 Å². The molecule has 1 aliphatic carbocycles. The van der Waals surface area contributed by atoms with E-state index in [0.29, 0.717) is 6.04 Å². The zero-order valence-corrected chi connectivity index (χ0v) is 13.8. The molecule has 4 heteroatoms. The van der Waals surface area contributed by atoms with Crippen molar-refractivity contribution in [2.75, 3.05) is 24.5 Å². The summed E-state index contributed by atoms with van der Waals surface area (Å²) in [6.45, 7) is 10.4. The zero-order valence-electron chi connectivity index (χ0n) is 13.0. The lowest BCUT2D eigenvalue weighted by atomic mass is 9.97. The predicted octanol–water partition coefficient (Wildman–Crippen LogP) is 3.61. The summed E-state index contributed by atoms with van der Waals surface area (Å²) in [5.41, 5.74) is 1.36. The van der Waals surface area contributed by atoms with Gasteiger partial charge < -0.3 is 10.2 Å². The maximum atomic E-state index is 5.02. The van der Waals surface area contributed by atoms with Crippen LogP contribution in [0.5, 0.6) is 0 Å². The highest BCUT2D eigenvalue weighted by Crippen LogP contribution is 2.38. The van der Waals surface area contributed by atoms with Gasteiger partial charge in [-0.2, -0.15) is 0 Å². The van der Waals surface area contributed by atoms with E-state index in [2.05, 4.69) is 31.0 Å². The molecule has 0 spiro atoms. The number of anilines is 1. The Morgan fingerprint density at radius 2 is 2.05 bits per heavy atom. The minimum absolute atomic E-state index is 0.501. The van der Waals surface area contributed by atoms with Crippen molar-refractivity contribution in [1.82, 2.24) is 10.3 Å². The van der Waals surface area contributed by atoms with E-state index < -0.39 is 0 Å². The normalized spacial score (nSPS) is 29.8. The van der Waals surface area contributed by atoms with E-state index in [9.17, 15) is 0 Å². The van der Waals surface area contributed by atoms with Gasteiger partial charge >= 0.3 is 0 Å². The summed E-state index contributed by atoms with van der Waals surface area (Å²) < 4.78 is 0. The molecule has 20 heavy (non-hydrogen) atoms. The topological polar surface area (TPSA) is 28.2 Å². The summed E-state index contributed by atoms with van der Waals surface area (Å²) in [7, 11) is 0. The molecular formula is C16H27N3S. The SMILES string of the molecule is CCCNC1CCCc2sc(N3CC(C)C(C)C3)nc21. The molecule has 2 aliphatic rings. The molecule has 2 heterocycles. The first-order valence-corrected chi connectivity index (χ1v) is 8.98. The lowest BCUT2D eigenvalue weighted by molar-refractivity contribution is 0.454. The molecule has 1 fully saturated rings. The van der Waals surface area contributed by atoms with Gasteiger partial charge in [0, 0.05) is 18.0 Å². The number of thiazole rings is 1. The van der Waals surface area contributed by atoms with Crippen LogP contribution in [0.25, 0.3) is 0 Å². The van der Waals surface area contributed by atoms with Crippen LogP contribution in [-0.2, 0) is 6.42 Å². The van der Waals surface area contributed by atoms with Crippen molar-refractivity contribution < 1.29 is 0 Å². The van der Waals surface area contributed by atoms with E-state index in [0.717, 1.165) is 18.4 Å². The van der Waals surface area contributed by atoms with Crippen LogP contribution in [0.1, 0.15) is 56.6 Å². The van der Waals surface area contributed by atoms with E-state index in [1.54, 1.807) is 0 Å². The lowest BCUT2D eigenvalue weighted by Gasteiger charge is -2.22. The fourth-order valence-electron chi connectivity index (χ4n) is 3.34. The third-order valence-corrected chi connectivity index (χ3v) is 6.03. The Balaban J connectivity index is 1.77. The second-order valence-corrected chi connectivity index (χ2v) is 7.63. The Kier molecular flexibility index (Phi) is 4.32. The van der Waals surface area contributed by atoms with Gasteiger partial charge in [-0.05, 0) is 44.1 Å². The lowest BCUT2D eigenvalue weighted by Crippen LogP contribution is -2.26. The summed E-state index contributed by atoms with van der Waals surface area (Å²) in [6.07, 6.45) is 4.99. The van der Waals surface area contributed by atoms with Crippen molar-refractivity contribution in [2.24, 2.45) is 11.8 Å². The number of rotatable bonds is 4. The molecule has 0 saturated carbocycles. The van der Waals surface area contributed by atoms with Crippen LogP contribution in [-0.4, -0.2) is 24.6 Å². The molecule has 0 aromatic carbocycles. The van der Waals surface area contributed by atoms with Gasteiger partial charge in [-0.25, -0.2) is 4.98 Å². The van der Waals surface area contributed by atoms with Crippen LogP contribution in [0, 0.1) is 11.8 Å². The summed E-state index contributed by atoms with van der Waals surface area (Å²) in [5, 5.41) is 4.95. The number of hydrogen-bond donors (Lipinski definition) is 1. The Morgan fingerprint density at radius 1 is 1.30 bits per heavy atom. The van der Waals surface area contributed by atoms with Crippen LogP contribution in [0.2, 0.25) is 0 Å². The van der Waals surface area contributed by atoms with Gasteiger partial charge in [0.25, 0.3) is 0 Å². The third kappa shape index (κ3) is 2.73. The van der Waals surface area contributed by atoms with Crippen molar-refractivity contribution in [3.63, 3.8) is 0 Å². The van der Waals surface area contributed by atoms with Crippen LogP contribution >= 0.6 is 11.3 Å². The smallest absolute Gasteiger partial charge is 0.185 e. The standard InChI is InChI=1S/C16H27N3S/c1-4-8-17-13-6-5-7-14-15(13)18-16(20-14)19-9-11(2)12(3)10-19/h11-13,17H,4-10H2,1-3H3. The average molecular weight is 293 g/mol. The maximum Gasteiger partial charge on any atom is 0.185 e. The van der Waals surface area contributed by atoms with Crippen LogP contribution in [0.4, 0.5) is 5.13 Å². The highest BCUT2D eigenvalue weighted by Gasteiger charge is 2.31. The number of hydrogen-bond acceptors (Lipinski definition) is 4. The van der Waals surface area contributed by atoms with E-state index in [1.165, 1.54) is 54.5 Å². The van der Waals surface area contributed by atoms with Gasteiger partial charge in [-0.1, -0.05) is 20.8 Å². The number of nitrogens with zero attached hydrogens (tertiary/aromatic N) is 2. The zero-order chi connectivity index (χ0) is 14.1. The van der Waals surface area contributed by atoms with Crippen LogP contribution in [0.15, 0.2) is 0 Å². The molecule has 3 unspecified atom stereocenters. The molecule has 1 aromatic rings. The summed E-state index contributed by atoms with van der Waals surface area (Å²) in [4.78, 5) is 9.06. The fourth-order valence-corrected chi connectivity index (χ4v) is 4.53.